The minimum Gasteiger partial charge on any atom is -0.480 e. The second-order valence-electron chi connectivity index (χ2n) is 19.2. The normalized spacial score (nSPS) is 20.0. The molecule has 24 nitrogen and oxygen atoms in total. The second kappa shape index (κ2) is 29.6. The van der Waals surface area contributed by atoms with Crippen LogP contribution in [0.15, 0.2) is 35.3 Å². The van der Waals surface area contributed by atoms with E-state index >= 15 is 0 Å². The molecule has 0 bridgehead atoms. The Morgan fingerprint density at radius 2 is 1.22 bits per heavy atom. The van der Waals surface area contributed by atoms with Gasteiger partial charge < -0.3 is 74.4 Å². The molecule has 25 heteroatoms. The van der Waals surface area contributed by atoms with Crippen LogP contribution in [0.25, 0.3) is 0 Å². The van der Waals surface area contributed by atoms with E-state index in [-0.39, 0.29) is 75.9 Å². The van der Waals surface area contributed by atoms with Crippen LogP contribution in [0.5, 0.6) is 0 Å². The third kappa shape index (κ3) is 17.6. The van der Waals surface area contributed by atoms with Crippen LogP contribution in [-0.4, -0.2) is 184 Å². The molecule has 9 atom stereocenters. The molecule has 8 amide bonds. The third-order valence-corrected chi connectivity index (χ3v) is 13.6. The molecule has 3 heterocycles. The number of aliphatic carboxylic acids is 1. The largest absolute Gasteiger partial charge is 0.480 e. The van der Waals surface area contributed by atoms with Gasteiger partial charge in [0, 0.05) is 38.4 Å². The molecule has 3 fully saturated rings. The molecule has 3 aliphatic rings. The van der Waals surface area contributed by atoms with Crippen LogP contribution in [0.4, 0.5) is 0 Å². The first-order valence-electron chi connectivity index (χ1n) is 25.2. The van der Waals surface area contributed by atoms with E-state index in [9.17, 15) is 53.4 Å². The summed E-state index contributed by atoms with van der Waals surface area (Å²) in [6, 6.07) is -1.73. The van der Waals surface area contributed by atoms with Crippen LogP contribution in [-0.2, 0) is 49.6 Å². The number of carbonyl (C=O) groups is 9. The molecule has 1 aromatic carbocycles. The van der Waals surface area contributed by atoms with E-state index in [4.69, 9.17) is 22.9 Å². The van der Waals surface area contributed by atoms with E-state index in [0.717, 1.165) is 0 Å². The van der Waals surface area contributed by atoms with Gasteiger partial charge in [0.2, 0.25) is 47.3 Å². The highest BCUT2D eigenvalue weighted by atomic mass is 32.1. The van der Waals surface area contributed by atoms with Gasteiger partial charge in [0.25, 0.3) is 0 Å². The van der Waals surface area contributed by atoms with Gasteiger partial charge in [-0.3, -0.25) is 43.3 Å². The van der Waals surface area contributed by atoms with Crippen molar-refractivity contribution in [3.8, 4) is 0 Å². The summed E-state index contributed by atoms with van der Waals surface area (Å²) in [7, 11) is 0. The van der Waals surface area contributed by atoms with Gasteiger partial charge in [-0.15, -0.1) is 0 Å². The zero-order valence-electron chi connectivity index (χ0n) is 41.9. The number of hydrogen-bond donors (Lipinski definition) is 12. The Labute approximate surface area is 431 Å². The fourth-order valence-electron chi connectivity index (χ4n) is 9.38. The molecule has 0 spiro atoms. The van der Waals surface area contributed by atoms with Crippen molar-refractivity contribution in [3.63, 3.8) is 0 Å². The van der Waals surface area contributed by atoms with Gasteiger partial charge in [-0.1, -0.05) is 50.6 Å². The quantitative estimate of drug-likeness (QED) is 0.0174. The zero-order valence-corrected chi connectivity index (χ0v) is 42.8. The number of aliphatic imine (C=N–C) groups is 1. The summed E-state index contributed by atoms with van der Waals surface area (Å²) >= 11 is 4.34. The number of hydrogen-bond acceptors (Lipinski definition) is 14. The molecular formula is C48H77N13O11S. The molecule has 3 saturated heterocycles. The number of amides is 8. The monoisotopic (exact) mass is 1040 g/mol. The Hall–Kier alpha value is -6.05. The van der Waals surface area contributed by atoms with Crippen molar-refractivity contribution >= 4 is 71.8 Å². The highest BCUT2D eigenvalue weighted by molar-refractivity contribution is 7.80. The first-order chi connectivity index (χ1) is 34.8. The molecule has 0 saturated carbocycles. The average molecular weight is 1040 g/mol. The first-order valence-corrected chi connectivity index (χ1v) is 25.9. The van der Waals surface area contributed by atoms with E-state index in [1.165, 1.54) is 14.7 Å². The Morgan fingerprint density at radius 3 is 1.79 bits per heavy atom. The fourth-order valence-corrected chi connectivity index (χ4v) is 9.63. The molecule has 0 unspecified atom stereocenters. The summed E-state index contributed by atoms with van der Waals surface area (Å²) in [4.78, 5) is 131. The maximum atomic E-state index is 14.4. The highest BCUT2D eigenvalue weighted by Gasteiger charge is 2.45. The van der Waals surface area contributed by atoms with Crippen LogP contribution in [0.3, 0.4) is 0 Å². The lowest BCUT2D eigenvalue weighted by Gasteiger charge is -2.33. The Morgan fingerprint density at radius 1 is 0.685 bits per heavy atom. The van der Waals surface area contributed by atoms with Crippen LogP contribution in [0.2, 0.25) is 0 Å². The number of carbonyl (C=O) groups excluding carboxylic acids is 8. The number of nitrogens with one attached hydrogen (secondary N) is 5. The number of nitrogens with two attached hydrogens (primary N) is 4. The minimum atomic E-state index is -1.55. The molecule has 15 N–H and O–H groups in total. The van der Waals surface area contributed by atoms with Gasteiger partial charge >= 0.3 is 5.97 Å². The average Bonchev–Trinajstić information content (AvgIpc) is 4.17. The van der Waals surface area contributed by atoms with Crippen LogP contribution < -0.4 is 49.5 Å². The SMILES string of the molecule is CC(C)C[C@H](NC(=O)[C@@H]1CCCN1C(=O)[C@H](CO)NC(=O)[C@H](Cc1ccccc1)NC(=O)[C@H](CS)NC(=O)[C@@H]1CCCN1C(=O)[C@@H]1CCCN1C(=O)[C@H](CCCN=C(N)N)NC(=O)[C@@H](N)CCCCN)C(=O)O. The highest BCUT2D eigenvalue weighted by Crippen LogP contribution is 2.27. The molecule has 0 aromatic heterocycles. The maximum absolute atomic E-state index is 14.4. The molecule has 1 aromatic rings. The van der Waals surface area contributed by atoms with Gasteiger partial charge in [-0.25, -0.2) is 4.79 Å². The van der Waals surface area contributed by atoms with Gasteiger partial charge in [0.05, 0.1) is 12.6 Å². The van der Waals surface area contributed by atoms with Crippen LogP contribution in [0, 0.1) is 5.92 Å². The number of aliphatic hydroxyl groups excluding tert-OH is 1. The van der Waals surface area contributed by atoms with Crippen molar-refractivity contribution in [2.24, 2.45) is 33.8 Å². The van der Waals surface area contributed by atoms with Gasteiger partial charge in [-0.2, -0.15) is 12.6 Å². The number of nitrogens with zero attached hydrogens (tertiary/aromatic N) is 4. The van der Waals surface area contributed by atoms with E-state index in [1.54, 1.807) is 30.3 Å². The van der Waals surface area contributed by atoms with Gasteiger partial charge in [0.15, 0.2) is 5.96 Å². The van der Waals surface area contributed by atoms with Crippen molar-refractivity contribution in [2.75, 3.05) is 45.1 Å². The van der Waals surface area contributed by atoms with E-state index in [2.05, 4.69) is 44.2 Å². The zero-order chi connectivity index (χ0) is 53.8. The van der Waals surface area contributed by atoms with Crippen molar-refractivity contribution in [1.29, 1.82) is 0 Å². The van der Waals surface area contributed by atoms with Crippen LogP contribution in [0.1, 0.15) is 96.5 Å². The Balaban J connectivity index is 1.45. The lowest BCUT2D eigenvalue weighted by molar-refractivity contribution is -0.148. The summed E-state index contributed by atoms with van der Waals surface area (Å²) < 4.78 is 0. The summed E-state index contributed by atoms with van der Waals surface area (Å²) in [5, 5.41) is 33.2. The predicted octanol–water partition coefficient (Wildman–Crippen LogP) is -2.81. The lowest BCUT2D eigenvalue weighted by Crippen LogP contribution is -2.61. The second-order valence-corrected chi connectivity index (χ2v) is 19.6. The number of aliphatic hydroxyl groups is 1. The Kier molecular flexibility index (Phi) is 24.1. The van der Waals surface area contributed by atoms with E-state index in [0.29, 0.717) is 63.5 Å². The summed E-state index contributed by atoms with van der Waals surface area (Å²) in [5.74, 6) is -6.91. The number of likely N-dealkylation sites (tertiary alicyclic amines) is 3. The number of guanidine groups is 1. The molecule has 406 valence electrons. The van der Waals surface area contributed by atoms with E-state index in [1.807, 2.05) is 13.8 Å². The first kappa shape index (κ1) is 59.5. The van der Waals surface area contributed by atoms with Crippen molar-refractivity contribution in [3.05, 3.63) is 35.9 Å². The molecule has 3 aliphatic heterocycles. The standard InChI is InChI=1S/C48H77N13O11S/c1-28(2)24-33(47(71)72)56-42(66)36-16-9-21-59(36)45(69)34(26-62)57-40(64)32(25-29-12-4-3-5-13-29)55-41(65)35(27-73)58-43(67)37-17-10-22-60(37)46(70)38-18-11-23-61(38)44(68)31(15-8-20-53-48(51)52)54-39(63)30(50)14-6-7-19-49/h3-5,12-13,28,30-38,62,73H,6-11,14-27,49-50H2,1-2H3,(H,54,63)(H,55,65)(H,56,66)(H,57,64)(H,58,67)(H,71,72)(H4,51,52,53)/t30-,31-,32-,33-,34-,35-,36-,37-,38-/m0/s1. The molecular weight excluding hydrogens is 967 g/mol. The topological polar surface area (TPSA) is 380 Å². The number of thiol groups is 1. The molecule has 73 heavy (non-hydrogen) atoms. The third-order valence-electron chi connectivity index (χ3n) is 13.2. The number of carboxylic acid groups (broad SMARTS) is 1. The summed E-state index contributed by atoms with van der Waals surface area (Å²) in [6.45, 7) is 3.90. The van der Waals surface area contributed by atoms with Crippen molar-refractivity contribution in [1.82, 2.24) is 41.3 Å². The lowest BCUT2D eigenvalue weighted by atomic mass is 10.0. The molecule has 0 aliphatic carbocycles. The number of benzene rings is 1. The van der Waals surface area contributed by atoms with Crippen molar-refractivity contribution in [2.45, 2.75) is 152 Å². The smallest absolute Gasteiger partial charge is 0.326 e. The number of carboxylic acids is 1. The minimum absolute atomic E-state index is 0.0469. The number of rotatable bonds is 28. The number of unbranched alkanes of at least 4 members (excludes halogenated alkanes) is 1. The Bertz CT molecular complexity index is 2100. The fraction of sp³-hybridized carbons (Fsp3) is 0.667. The predicted molar refractivity (Wildman–Crippen MR) is 273 cm³/mol. The van der Waals surface area contributed by atoms with Gasteiger partial charge in [-0.05, 0) is 88.7 Å². The maximum Gasteiger partial charge on any atom is 0.326 e. The molecule has 0 radical (unpaired) electrons. The van der Waals surface area contributed by atoms with E-state index < -0.39 is 114 Å². The molecule has 4 rings (SSSR count). The van der Waals surface area contributed by atoms with Crippen LogP contribution >= 0.6 is 12.6 Å². The van der Waals surface area contributed by atoms with Crippen molar-refractivity contribution < 1.29 is 53.4 Å². The summed E-state index contributed by atoms with van der Waals surface area (Å²) in [6.07, 6.45) is 4.33. The van der Waals surface area contributed by atoms with Gasteiger partial charge in [0.1, 0.15) is 48.3 Å². The summed E-state index contributed by atoms with van der Waals surface area (Å²) in [5.41, 5.74) is 23.3.